The van der Waals surface area contributed by atoms with Crippen molar-refractivity contribution >= 4 is 17.4 Å². The number of rotatable bonds is 5. The van der Waals surface area contributed by atoms with Gasteiger partial charge in [0.2, 0.25) is 5.91 Å². The molecule has 0 bridgehead atoms. The highest BCUT2D eigenvalue weighted by atomic mass is 16.5. The van der Waals surface area contributed by atoms with Gasteiger partial charge >= 0.3 is 0 Å². The largest absolute Gasteiger partial charge is 0.497 e. The van der Waals surface area contributed by atoms with Crippen LogP contribution in [0.15, 0.2) is 23.4 Å². The summed E-state index contributed by atoms with van der Waals surface area (Å²) in [6.07, 6.45) is 0.455. The summed E-state index contributed by atoms with van der Waals surface area (Å²) in [7, 11) is 1.58. The zero-order valence-electron chi connectivity index (χ0n) is 11.3. The molecular weight excluding hydrogens is 246 g/mol. The number of amidine groups is 1. The first-order chi connectivity index (χ1) is 9.03. The van der Waals surface area contributed by atoms with Gasteiger partial charge in [-0.3, -0.25) is 4.79 Å². The summed E-state index contributed by atoms with van der Waals surface area (Å²) in [6, 6.07) is 5.33. The lowest BCUT2D eigenvalue weighted by molar-refractivity contribution is -0.118. The van der Waals surface area contributed by atoms with Gasteiger partial charge in [0.15, 0.2) is 5.84 Å². The summed E-state index contributed by atoms with van der Waals surface area (Å²) in [6.45, 7) is 3.66. The second-order valence-corrected chi connectivity index (χ2v) is 4.16. The number of nitrogens with one attached hydrogen (secondary N) is 1. The lowest BCUT2D eigenvalue weighted by Crippen LogP contribution is -2.34. The lowest BCUT2D eigenvalue weighted by atomic mass is 10.0. The van der Waals surface area contributed by atoms with Crippen LogP contribution in [0.1, 0.15) is 18.9 Å². The molecule has 0 aliphatic rings. The normalized spacial score (nSPS) is 12.9. The van der Waals surface area contributed by atoms with Crippen LogP contribution in [-0.2, 0) is 4.79 Å². The van der Waals surface area contributed by atoms with Crippen LogP contribution in [-0.4, -0.2) is 24.1 Å². The standard InChI is InChI=1S/C13H19N3O3/c1-4-10(12(14)16-18)13(17)15-11-6-5-9(19-3)7-8(11)2/h5-7,10,18H,4H2,1-3H3,(H2,14,16)(H,15,17). The van der Waals surface area contributed by atoms with Crippen LogP contribution in [0, 0.1) is 12.8 Å². The number of carbonyl (C=O) groups is 1. The number of hydrogen-bond acceptors (Lipinski definition) is 4. The summed E-state index contributed by atoms with van der Waals surface area (Å²) >= 11 is 0. The van der Waals surface area contributed by atoms with Gasteiger partial charge in [-0.1, -0.05) is 12.1 Å². The fraction of sp³-hybridized carbons (Fsp3) is 0.385. The van der Waals surface area contributed by atoms with Gasteiger partial charge in [0.05, 0.1) is 13.0 Å². The molecule has 0 radical (unpaired) electrons. The van der Waals surface area contributed by atoms with Crippen LogP contribution >= 0.6 is 0 Å². The highest BCUT2D eigenvalue weighted by molar-refractivity contribution is 6.07. The Morgan fingerprint density at radius 1 is 1.58 bits per heavy atom. The van der Waals surface area contributed by atoms with Crippen molar-refractivity contribution in [2.75, 3.05) is 12.4 Å². The van der Waals surface area contributed by atoms with Gasteiger partial charge in [-0.05, 0) is 37.1 Å². The third-order valence-electron chi connectivity index (χ3n) is 2.89. The fourth-order valence-corrected chi connectivity index (χ4v) is 1.72. The molecule has 4 N–H and O–H groups in total. The number of oxime groups is 1. The minimum Gasteiger partial charge on any atom is -0.497 e. The molecule has 0 spiro atoms. The topological polar surface area (TPSA) is 96.9 Å². The smallest absolute Gasteiger partial charge is 0.235 e. The van der Waals surface area contributed by atoms with E-state index in [-0.39, 0.29) is 11.7 Å². The summed E-state index contributed by atoms with van der Waals surface area (Å²) < 4.78 is 5.09. The summed E-state index contributed by atoms with van der Waals surface area (Å²) in [5, 5.41) is 14.3. The molecule has 0 aliphatic heterocycles. The Balaban J connectivity index is 2.87. The molecule has 19 heavy (non-hydrogen) atoms. The zero-order chi connectivity index (χ0) is 14.4. The first-order valence-corrected chi connectivity index (χ1v) is 5.96. The van der Waals surface area contributed by atoms with E-state index in [4.69, 9.17) is 15.7 Å². The second-order valence-electron chi connectivity index (χ2n) is 4.16. The lowest BCUT2D eigenvalue weighted by Gasteiger charge is -2.15. The van der Waals surface area contributed by atoms with E-state index < -0.39 is 5.92 Å². The van der Waals surface area contributed by atoms with Gasteiger partial charge in [-0.2, -0.15) is 0 Å². The number of aryl methyl sites for hydroxylation is 1. The Bertz CT molecular complexity index is 486. The summed E-state index contributed by atoms with van der Waals surface area (Å²) in [4.78, 5) is 12.0. The molecule has 0 aliphatic carbocycles. The van der Waals surface area contributed by atoms with Crippen molar-refractivity contribution < 1.29 is 14.7 Å². The number of anilines is 1. The van der Waals surface area contributed by atoms with E-state index in [0.29, 0.717) is 12.1 Å². The average Bonchev–Trinajstić information content (AvgIpc) is 2.41. The van der Waals surface area contributed by atoms with Gasteiger partial charge in [0.1, 0.15) is 5.75 Å². The molecular formula is C13H19N3O3. The molecule has 1 atom stereocenters. The average molecular weight is 265 g/mol. The van der Waals surface area contributed by atoms with E-state index in [0.717, 1.165) is 11.3 Å². The van der Waals surface area contributed by atoms with E-state index in [1.54, 1.807) is 26.2 Å². The monoisotopic (exact) mass is 265 g/mol. The first-order valence-electron chi connectivity index (χ1n) is 5.96. The number of carbonyl (C=O) groups excluding carboxylic acids is 1. The third kappa shape index (κ3) is 3.61. The zero-order valence-corrected chi connectivity index (χ0v) is 11.3. The van der Waals surface area contributed by atoms with Gasteiger partial charge in [-0.25, -0.2) is 0 Å². The van der Waals surface area contributed by atoms with Gasteiger partial charge < -0.3 is 21.0 Å². The first kappa shape index (κ1) is 14.8. The quantitative estimate of drug-likeness (QED) is 0.327. The number of nitrogens with zero attached hydrogens (tertiary/aromatic N) is 1. The fourth-order valence-electron chi connectivity index (χ4n) is 1.72. The predicted octanol–water partition coefficient (Wildman–Crippen LogP) is 1.71. The highest BCUT2D eigenvalue weighted by Gasteiger charge is 2.21. The van der Waals surface area contributed by atoms with Crippen LogP contribution < -0.4 is 15.8 Å². The Morgan fingerprint density at radius 3 is 2.74 bits per heavy atom. The highest BCUT2D eigenvalue weighted by Crippen LogP contribution is 2.21. The van der Waals surface area contributed by atoms with Crippen LogP contribution in [0.5, 0.6) is 5.75 Å². The van der Waals surface area contributed by atoms with Gasteiger partial charge in [0.25, 0.3) is 0 Å². The second kappa shape index (κ2) is 6.63. The van der Waals surface area contributed by atoms with Crippen LogP contribution in [0.2, 0.25) is 0 Å². The number of nitrogens with two attached hydrogens (primary N) is 1. The number of benzene rings is 1. The van der Waals surface area contributed by atoms with Crippen molar-refractivity contribution in [2.45, 2.75) is 20.3 Å². The summed E-state index contributed by atoms with van der Waals surface area (Å²) in [5.41, 5.74) is 7.04. The molecule has 1 amide bonds. The van der Waals surface area contributed by atoms with Crippen molar-refractivity contribution in [1.82, 2.24) is 0 Å². The molecule has 0 aromatic heterocycles. The third-order valence-corrected chi connectivity index (χ3v) is 2.89. The number of hydrogen-bond donors (Lipinski definition) is 3. The van der Waals surface area contributed by atoms with Crippen molar-refractivity contribution in [3.8, 4) is 5.75 Å². The molecule has 0 heterocycles. The maximum absolute atomic E-state index is 12.0. The van der Waals surface area contributed by atoms with Crippen LogP contribution in [0.3, 0.4) is 0 Å². The molecule has 1 rings (SSSR count). The Labute approximate surface area is 112 Å². The van der Waals surface area contributed by atoms with Crippen LogP contribution in [0.4, 0.5) is 5.69 Å². The number of ether oxygens (including phenoxy) is 1. The Morgan fingerprint density at radius 2 is 2.26 bits per heavy atom. The SMILES string of the molecule is CCC(C(=O)Nc1ccc(OC)cc1C)C(N)=NO. The maximum Gasteiger partial charge on any atom is 0.235 e. The molecule has 6 nitrogen and oxygen atoms in total. The van der Waals surface area contributed by atoms with Crippen molar-refractivity contribution in [1.29, 1.82) is 0 Å². The van der Waals surface area contributed by atoms with E-state index in [1.807, 2.05) is 13.0 Å². The molecule has 1 aromatic carbocycles. The molecule has 6 heteroatoms. The molecule has 104 valence electrons. The molecule has 0 saturated carbocycles. The molecule has 1 unspecified atom stereocenters. The molecule has 0 fully saturated rings. The predicted molar refractivity (Wildman–Crippen MR) is 73.6 cm³/mol. The van der Waals surface area contributed by atoms with E-state index in [1.165, 1.54) is 0 Å². The molecule has 0 saturated heterocycles. The van der Waals surface area contributed by atoms with E-state index in [9.17, 15) is 4.79 Å². The summed E-state index contributed by atoms with van der Waals surface area (Å²) in [5.74, 6) is -0.317. The van der Waals surface area contributed by atoms with Crippen molar-refractivity contribution in [3.05, 3.63) is 23.8 Å². The molecule has 1 aromatic rings. The minimum absolute atomic E-state index is 0.0915. The van der Waals surface area contributed by atoms with Gasteiger partial charge in [-0.15, -0.1) is 0 Å². The minimum atomic E-state index is -0.647. The number of methoxy groups -OCH3 is 1. The van der Waals surface area contributed by atoms with E-state index in [2.05, 4.69) is 10.5 Å². The van der Waals surface area contributed by atoms with Crippen molar-refractivity contribution in [3.63, 3.8) is 0 Å². The van der Waals surface area contributed by atoms with Crippen molar-refractivity contribution in [2.24, 2.45) is 16.8 Å². The Hall–Kier alpha value is -2.24. The number of amides is 1. The maximum atomic E-state index is 12.0. The van der Waals surface area contributed by atoms with E-state index >= 15 is 0 Å². The van der Waals surface area contributed by atoms with Crippen LogP contribution in [0.25, 0.3) is 0 Å². The Kier molecular flexibility index (Phi) is 5.17. The van der Waals surface area contributed by atoms with Gasteiger partial charge in [0, 0.05) is 5.69 Å².